The van der Waals surface area contributed by atoms with Crippen LogP contribution in [0.25, 0.3) is 11.6 Å². The van der Waals surface area contributed by atoms with Crippen molar-refractivity contribution >= 4 is 11.6 Å². The molecule has 1 aliphatic heterocycles. The largest absolute Gasteiger partial charge is 0.353 e. The Labute approximate surface area is 131 Å². The molecule has 0 saturated carbocycles. The first kappa shape index (κ1) is 15.6. The van der Waals surface area contributed by atoms with Crippen LogP contribution in [-0.4, -0.2) is 27.4 Å². The Morgan fingerprint density at radius 1 is 1.52 bits per heavy atom. The second-order valence-corrected chi connectivity index (χ2v) is 5.25. The summed E-state index contributed by atoms with van der Waals surface area (Å²) in [5.74, 6) is -0.437. The SMILES string of the molecule is O=[N+]([O-])/C=C/c1c(COC2CCCCO2)nn2cc(F)ccc12. The van der Waals surface area contributed by atoms with Crippen molar-refractivity contribution in [2.75, 3.05) is 6.61 Å². The maximum atomic E-state index is 13.3. The summed E-state index contributed by atoms with van der Waals surface area (Å²) in [6, 6.07) is 2.82. The second kappa shape index (κ2) is 6.84. The molecule has 0 radical (unpaired) electrons. The van der Waals surface area contributed by atoms with Gasteiger partial charge in [0.25, 0.3) is 0 Å². The third kappa shape index (κ3) is 3.72. The van der Waals surface area contributed by atoms with Crippen LogP contribution in [0.2, 0.25) is 0 Å². The highest BCUT2D eigenvalue weighted by Crippen LogP contribution is 2.21. The fourth-order valence-electron chi connectivity index (χ4n) is 2.53. The van der Waals surface area contributed by atoms with E-state index in [1.54, 1.807) is 0 Å². The summed E-state index contributed by atoms with van der Waals surface area (Å²) in [5.41, 5.74) is 1.62. The van der Waals surface area contributed by atoms with Gasteiger partial charge in [0.15, 0.2) is 6.29 Å². The highest BCUT2D eigenvalue weighted by Gasteiger charge is 2.17. The fraction of sp³-hybridized carbons (Fsp3) is 0.400. The summed E-state index contributed by atoms with van der Waals surface area (Å²) in [7, 11) is 0. The molecule has 0 aromatic carbocycles. The molecule has 0 spiro atoms. The van der Waals surface area contributed by atoms with Gasteiger partial charge in [0.2, 0.25) is 6.20 Å². The Bertz CT molecular complexity index is 738. The first-order valence-corrected chi connectivity index (χ1v) is 7.35. The number of fused-ring (bicyclic) bond motifs is 1. The lowest BCUT2D eigenvalue weighted by molar-refractivity contribution is -0.400. The molecule has 23 heavy (non-hydrogen) atoms. The van der Waals surface area contributed by atoms with Gasteiger partial charge in [-0.3, -0.25) is 10.1 Å². The zero-order chi connectivity index (χ0) is 16.2. The van der Waals surface area contributed by atoms with Crippen molar-refractivity contribution in [3.8, 4) is 0 Å². The first-order valence-electron chi connectivity index (χ1n) is 7.35. The van der Waals surface area contributed by atoms with Crippen LogP contribution in [0.5, 0.6) is 0 Å². The van der Waals surface area contributed by atoms with E-state index in [1.807, 2.05) is 0 Å². The molecule has 0 amide bonds. The maximum absolute atomic E-state index is 13.3. The Balaban J connectivity index is 1.87. The predicted octanol–water partition coefficient (Wildman–Crippen LogP) is 2.76. The summed E-state index contributed by atoms with van der Waals surface area (Å²) in [5, 5.41) is 14.8. The quantitative estimate of drug-likeness (QED) is 0.625. The molecule has 0 aliphatic carbocycles. The van der Waals surface area contributed by atoms with Crippen LogP contribution in [0.15, 0.2) is 24.5 Å². The minimum Gasteiger partial charge on any atom is -0.353 e. The minimum atomic E-state index is -0.554. The lowest BCUT2D eigenvalue weighted by Crippen LogP contribution is -2.22. The van der Waals surface area contributed by atoms with E-state index in [0.717, 1.165) is 25.5 Å². The molecule has 1 aliphatic rings. The molecule has 3 heterocycles. The number of halogens is 1. The zero-order valence-corrected chi connectivity index (χ0v) is 12.4. The van der Waals surface area contributed by atoms with Crippen molar-refractivity contribution in [2.45, 2.75) is 32.2 Å². The van der Waals surface area contributed by atoms with Gasteiger partial charge in [0, 0.05) is 18.2 Å². The number of pyridine rings is 1. The van der Waals surface area contributed by atoms with Gasteiger partial charge in [0.05, 0.1) is 28.9 Å². The standard InChI is InChI=1S/C15H16FN3O4/c16-11-4-5-14-12(6-7-19(20)21)13(17-18(14)9-11)10-23-15-3-1-2-8-22-15/h4-7,9,15H,1-3,8,10H2/b7-6+. The van der Waals surface area contributed by atoms with Crippen LogP contribution < -0.4 is 0 Å². The average molecular weight is 321 g/mol. The summed E-state index contributed by atoms with van der Waals surface area (Å²) >= 11 is 0. The molecule has 0 bridgehead atoms. The van der Waals surface area contributed by atoms with Crippen LogP contribution in [0, 0.1) is 15.9 Å². The monoisotopic (exact) mass is 321 g/mol. The third-order valence-corrected chi connectivity index (χ3v) is 3.61. The molecule has 1 unspecified atom stereocenters. The summed E-state index contributed by atoms with van der Waals surface area (Å²) in [4.78, 5) is 10.0. The Hall–Kier alpha value is -2.32. The van der Waals surface area contributed by atoms with E-state index < -0.39 is 10.7 Å². The fourth-order valence-corrected chi connectivity index (χ4v) is 2.53. The minimum absolute atomic E-state index is 0.144. The van der Waals surface area contributed by atoms with E-state index >= 15 is 0 Å². The zero-order valence-electron chi connectivity index (χ0n) is 12.4. The lowest BCUT2D eigenvalue weighted by Gasteiger charge is -2.22. The number of nitro groups is 1. The number of nitrogens with zero attached hydrogens (tertiary/aromatic N) is 3. The van der Waals surface area contributed by atoms with Gasteiger partial charge >= 0.3 is 0 Å². The smallest absolute Gasteiger partial charge is 0.235 e. The molecule has 1 fully saturated rings. The molecule has 2 aromatic rings. The topological polar surface area (TPSA) is 78.9 Å². The lowest BCUT2D eigenvalue weighted by atomic mass is 10.2. The highest BCUT2D eigenvalue weighted by molar-refractivity contribution is 5.70. The Morgan fingerprint density at radius 3 is 3.13 bits per heavy atom. The van der Waals surface area contributed by atoms with Crippen molar-refractivity contribution in [2.24, 2.45) is 0 Å². The second-order valence-electron chi connectivity index (χ2n) is 5.25. The van der Waals surface area contributed by atoms with E-state index in [1.165, 1.54) is 28.9 Å². The van der Waals surface area contributed by atoms with Crippen LogP contribution >= 0.6 is 0 Å². The van der Waals surface area contributed by atoms with Gasteiger partial charge in [-0.2, -0.15) is 5.10 Å². The van der Waals surface area contributed by atoms with Crippen LogP contribution in [0.3, 0.4) is 0 Å². The van der Waals surface area contributed by atoms with Crippen molar-refractivity contribution in [1.29, 1.82) is 0 Å². The van der Waals surface area contributed by atoms with Gasteiger partial charge in [-0.25, -0.2) is 8.91 Å². The molecule has 0 N–H and O–H groups in total. The first-order chi connectivity index (χ1) is 11.1. The molecular formula is C15H16FN3O4. The number of ether oxygens (including phenoxy) is 2. The highest BCUT2D eigenvalue weighted by atomic mass is 19.1. The van der Waals surface area contributed by atoms with E-state index in [2.05, 4.69) is 5.10 Å². The number of aromatic nitrogens is 2. The van der Waals surface area contributed by atoms with E-state index in [9.17, 15) is 14.5 Å². The molecule has 3 rings (SSSR count). The van der Waals surface area contributed by atoms with Gasteiger partial charge < -0.3 is 9.47 Å². The van der Waals surface area contributed by atoms with Crippen LogP contribution in [-0.2, 0) is 16.1 Å². The molecule has 1 saturated heterocycles. The molecule has 122 valence electrons. The molecule has 7 nitrogen and oxygen atoms in total. The predicted molar refractivity (Wildman–Crippen MR) is 79.6 cm³/mol. The Kier molecular flexibility index (Phi) is 4.63. The molecular weight excluding hydrogens is 305 g/mol. The molecule has 8 heteroatoms. The van der Waals surface area contributed by atoms with Gasteiger partial charge in [0.1, 0.15) is 5.82 Å². The van der Waals surface area contributed by atoms with Crippen LogP contribution in [0.1, 0.15) is 30.5 Å². The number of hydrogen-bond acceptors (Lipinski definition) is 5. The summed E-state index contributed by atoms with van der Waals surface area (Å²) in [6.07, 6.45) is 5.97. The molecule has 1 atom stereocenters. The normalized spacial score (nSPS) is 18.7. The van der Waals surface area contributed by atoms with E-state index in [-0.39, 0.29) is 12.9 Å². The van der Waals surface area contributed by atoms with Crippen molar-refractivity contribution < 1.29 is 18.8 Å². The number of hydrogen-bond donors (Lipinski definition) is 0. The summed E-state index contributed by atoms with van der Waals surface area (Å²) in [6.45, 7) is 0.806. The third-order valence-electron chi connectivity index (χ3n) is 3.61. The average Bonchev–Trinajstić information content (AvgIpc) is 2.88. The van der Waals surface area contributed by atoms with E-state index in [0.29, 0.717) is 23.4 Å². The van der Waals surface area contributed by atoms with Gasteiger partial charge in [-0.15, -0.1) is 0 Å². The summed E-state index contributed by atoms with van der Waals surface area (Å²) < 4.78 is 25.9. The van der Waals surface area contributed by atoms with E-state index in [4.69, 9.17) is 9.47 Å². The maximum Gasteiger partial charge on any atom is 0.235 e. The van der Waals surface area contributed by atoms with Gasteiger partial charge in [-0.05, 0) is 31.4 Å². The molecule has 2 aromatic heterocycles. The van der Waals surface area contributed by atoms with Crippen LogP contribution in [0.4, 0.5) is 4.39 Å². The number of rotatable bonds is 5. The van der Waals surface area contributed by atoms with Gasteiger partial charge in [-0.1, -0.05) is 0 Å². The van der Waals surface area contributed by atoms with Crippen molar-refractivity contribution in [1.82, 2.24) is 9.61 Å². The Morgan fingerprint density at radius 2 is 2.39 bits per heavy atom. The van der Waals surface area contributed by atoms with Crippen molar-refractivity contribution in [3.05, 3.63) is 51.7 Å². The van der Waals surface area contributed by atoms with Crippen molar-refractivity contribution in [3.63, 3.8) is 0 Å².